The summed E-state index contributed by atoms with van der Waals surface area (Å²) in [4.78, 5) is 7.84. The van der Waals surface area contributed by atoms with Crippen molar-refractivity contribution < 1.29 is 12.8 Å². The van der Waals surface area contributed by atoms with E-state index in [1.165, 1.54) is 12.4 Å². The minimum absolute atomic E-state index is 0.183. The number of sulfone groups is 1. The predicted octanol–water partition coefficient (Wildman–Crippen LogP) is 1.78. The van der Waals surface area contributed by atoms with E-state index in [2.05, 4.69) is 9.97 Å². The average molecular weight is 289 g/mol. The molecule has 0 fully saturated rings. The lowest BCUT2D eigenvalue weighted by Gasteiger charge is -1.99. The fourth-order valence-electron chi connectivity index (χ4n) is 1.82. The maximum atomic E-state index is 12.2. The van der Waals surface area contributed by atoms with Crippen molar-refractivity contribution in [3.63, 3.8) is 0 Å². The molecule has 0 spiro atoms. The molecule has 0 bridgehead atoms. The van der Waals surface area contributed by atoms with E-state index in [4.69, 9.17) is 10.2 Å². The summed E-state index contributed by atoms with van der Waals surface area (Å²) >= 11 is 0. The van der Waals surface area contributed by atoms with Crippen LogP contribution in [0.3, 0.4) is 0 Å². The Balaban J connectivity index is 2.01. The highest BCUT2D eigenvalue weighted by Gasteiger charge is 2.22. The van der Waals surface area contributed by atoms with Crippen LogP contribution in [-0.2, 0) is 15.6 Å². The number of nitrogens with zero attached hydrogens (tertiary/aromatic N) is 2. The molecule has 6 nitrogen and oxygen atoms in total. The van der Waals surface area contributed by atoms with E-state index < -0.39 is 9.84 Å². The number of pyridine rings is 1. The SMILES string of the molecule is Nc1ccc2oc(S(=O)(=O)Cc3ccncc3)nc2c1. The van der Waals surface area contributed by atoms with Crippen molar-refractivity contribution in [2.45, 2.75) is 11.0 Å². The predicted molar refractivity (Wildman–Crippen MR) is 73.5 cm³/mol. The molecular formula is C13H11N3O3S. The second-order valence-corrected chi connectivity index (χ2v) is 6.19. The van der Waals surface area contributed by atoms with Gasteiger partial charge in [0.05, 0.1) is 5.75 Å². The molecule has 102 valence electrons. The molecule has 3 rings (SSSR count). The van der Waals surface area contributed by atoms with Gasteiger partial charge in [0.15, 0.2) is 5.58 Å². The summed E-state index contributed by atoms with van der Waals surface area (Å²) in [5, 5.41) is -0.296. The maximum Gasteiger partial charge on any atom is 0.316 e. The zero-order valence-electron chi connectivity index (χ0n) is 10.4. The fraction of sp³-hybridized carbons (Fsp3) is 0.0769. The Labute approximate surface area is 115 Å². The van der Waals surface area contributed by atoms with Crippen LogP contribution in [0.4, 0.5) is 5.69 Å². The third kappa shape index (κ3) is 2.35. The smallest absolute Gasteiger partial charge is 0.316 e. The summed E-state index contributed by atoms with van der Waals surface area (Å²) in [6.45, 7) is 0. The lowest BCUT2D eigenvalue weighted by molar-refractivity contribution is 0.458. The number of fused-ring (bicyclic) bond motifs is 1. The first-order chi connectivity index (χ1) is 9.54. The van der Waals surface area contributed by atoms with Gasteiger partial charge in [0.2, 0.25) is 9.84 Å². The van der Waals surface area contributed by atoms with Gasteiger partial charge < -0.3 is 10.2 Å². The first-order valence-corrected chi connectivity index (χ1v) is 7.47. The van der Waals surface area contributed by atoms with E-state index in [1.54, 1.807) is 30.3 Å². The highest BCUT2D eigenvalue weighted by molar-refractivity contribution is 7.90. The van der Waals surface area contributed by atoms with Crippen molar-refractivity contribution in [2.75, 3.05) is 5.73 Å². The number of rotatable bonds is 3. The molecule has 0 radical (unpaired) electrons. The molecule has 0 saturated carbocycles. The molecule has 3 aromatic rings. The summed E-state index contributed by atoms with van der Waals surface area (Å²) in [7, 11) is -3.63. The molecule has 0 aliphatic rings. The van der Waals surface area contributed by atoms with E-state index in [1.807, 2.05) is 0 Å². The summed E-state index contributed by atoms with van der Waals surface area (Å²) in [6.07, 6.45) is 3.08. The van der Waals surface area contributed by atoms with Crippen LogP contribution < -0.4 is 5.73 Å². The number of oxazole rings is 1. The van der Waals surface area contributed by atoms with E-state index in [-0.39, 0.29) is 11.0 Å². The van der Waals surface area contributed by atoms with Gasteiger partial charge in [-0.15, -0.1) is 0 Å². The van der Waals surface area contributed by atoms with Gasteiger partial charge in [-0.1, -0.05) is 0 Å². The Morgan fingerprint density at radius 1 is 1.15 bits per heavy atom. The van der Waals surface area contributed by atoms with Gasteiger partial charge in [-0.05, 0) is 35.9 Å². The molecule has 0 aliphatic heterocycles. The van der Waals surface area contributed by atoms with Gasteiger partial charge in [0.25, 0.3) is 0 Å². The third-order valence-electron chi connectivity index (χ3n) is 2.76. The number of aromatic nitrogens is 2. The zero-order chi connectivity index (χ0) is 14.2. The standard InChI is InChI=1S/C13H11N3O3S/c14-10-1-2-12-11(7-10)16-13(19-12)20(17,18)8-9-3-5-15-6-4-9/h1-7H,8,14H2. The van der Waals surface area contributed by atoms with Gasteiger partial charge in [0, 0.05) is 18.1 Å². The van der Waals surface area contributed by atoms with Crippen LogP contribution in [0.2, 0.25) is 0 Å². The minimum Gasteiger partial charge on any atom is -0.428 e. The topological polar surface area (TPSA) is 99.1 Å². The fourth-order valence-corrected chi connectivity index (χ4v) is 3.03. The Kier molecular flexibility index (Phi) is 2.90. The first-order valence-electron chi connectivity index (χ1n) is 5.82. The monoisotopic (exact) mass is 289 g/mol. The van der Waals surface area contributed by atoms with Crippen molar-refractivity contribution in [3.05, 3.63) is 48.3 Å². The zero-order valence-corrected chi connectivity index (χ0v) is 11.2. The van der Waals surface area contributed by atoms with Gasteiger partial charge in [-0.25, -0.2) is 8.42 Å². The van der Waals surface area contributed by atoms with Crippen molar-refractivity contribution >= 4 is 26.6 Å². The Bertz CT molecular complexity index is 857. The van der Waals surface area contributed by atoms with Gasteiger partial charge in [-0.3, -0.25) is 4.98 Å². The lowest BCUT2D eigenvalue weighted by Crippen LogP contribution is -2.05. The van der Waals surface area contributed by atoms with E-state index in [0.29, 0.717) is 22.4 Å². The molecule has 1 aromatic carbocycles. The molecule has 0 saturated heterocycles. The van der Waals surface area contributed by atoms with E-state index in [0.717, 1.165) is 0 Å². The third-order valence-corrected chi connectivity index (χ3v) is 4.18. The van der Waals surface area contributed by atoms with Crippen LogP contribution in [-0.4, -0.2) is 18.4 Å². The normalized spacial score (nSPS) is 11.8. The van der Waals surface area contributed by atoms with Crippen LogP contribution >= 0.6 is 0 Å². The van der Waals surface area contributed by atoms with E-state index >= 15 is 0 Å². The second-order valence-electron chi connectivity index (χ2n) is 4.32. The summed E-state index contributed by atoms with van der Waals surface area (Å²) < 4.78 is 29.8. The van der Waals surface area contributed by atoms with Gasteiger partial charge in [0.1, 0.15) is 5.52 Å². The van der Waals surface area contributed by atoms with Crippen LogP contribution in [0.15, 0.2) is 52.4 Å². The molecule has 7 heteroatoms. The molecule has 2 aromatic heterocycles. The first kappa shape index (κ1) is 12.6. The van der Waals surface area contributed by atoms with Crippen molar-refractivity contribution in [1.29, 1.82) is 0 Å². The number of nitrogen functional groups attached to an aromatic ring is 1. The summed E-state index contributed by atoms with van der Waals surface area (Å²) in [6, 6.07) is 8.08. The molecule has 0 aliphatic carbocycles. The van der Waals surface area contributed by atoms with Crippen molar-refractivity contribution in [2.24, 2.45) is 0 Å². The molecular weight excluding hydrogens is 278 g/mol. The molecule has 2 heterocycles. The lowest BCUT2D eigenvalue weighted by atomic mass is 10.3. The largest absolute Gasteiger partial charge is 0.428 e. The highest BCUT2D eigenvalue weighted by Crippen LogP contribution is 2.23. The quantitative estimate of drug-likeness (QED) is 0.738. The number of benzene rings is 1. The van der Waals surface area contributed by atoms with Crippen LogP contribution in [0.5, 0.6) is 0 Å². The van der Waals surface area contributed by atoms with Crippen molar-refractivity contribution in [3.8, 4) is 0 Å². The van der Waals surface area contributed by atoms with Crippen LogP contribution in [0, 0.1) is 0 Å². The van der Waals surface area contributed by atoms with Gasteiger partial charge in [-0.2, -0.15) is 4.98 Å². The maximum absolute atomic E-state index is 12.2. The Morgan fingerprint density at radius 3 is 2.65 bits per heavy atom. The van der Waals surface area contributed by atoms with Crippen LogP contribution in [0.1, 0.15) is 5.56 Å². The summed E-state index contributed by atoms with van der Waals surface area (Å²) in [5.74, 6) is -0.183. The molecule has 0 unspecified atom stereocenters. The molecule has 20 heavy (non-hydrogen) atoms. The van der Waals surface area contributed by atoms with Crippen molar-refractivity contribution in [1.82, 2.24) is 9.97 Å². The number of anilines is 1. The highest BCUT2D eigenvalue weighted by atomic mass is 32.2. The Morgan fingerprint density at radius 2 is 1.90 bits per heavy atom. The number of hydrogen-bond donors (Lipinski definition) is 1. The average Bonchev–Trinajstić information content (AvgIpc) is 2.83. The minimum atomic E-state index is -3.63. The molecule has 2 N–H and O–H groups in total. The van der Waals surface area contributed by atoms with Gasteiger partial charge >= 0.3 is 5.22 Å². The van der Waals surface area contributed by atoms with Crippen LogP contribution in [0.25, 0.3) is 11.1 Å². The second kappa shape index (κ2) is 4.61. The van der Waals surface area contributed by atoms with E-state index in [9.17, 15) is 8.42 Å². The Hall–Kier alpha value is -2.41. The number of hydrogen-bond acceptors (Lipinski definition) is 6. The number of nitrogens with two attached hydrogens (primary N) is 1. The molecule has 0 atom stereocenters. The summed E-state index contributed by atoms with van der Waals surface area (Å²) in [5.41, 5.74) is 7.58. The molecule has 0 amide bonds.